The highest BCUT2D eigenvalue weighted by Crippen LogP contribution is 2.28. The summed E-state index contributed by atoms with van der Waals surface area (Å²) in [6.45, 7) is 3.33. The van der Waals surface area contributed by atoms with Crippen LogP contribution in [0, 0.1) is 6.92 Å². The second-order valence-electron chi connectivity index (χ2n) is 6.31. The largest absolute Gasteiger partial charge is 0.337 e. The number of hydrogen-bond acceptors (Lipinski definition) is 4. The summed E-state index contributed by atoms with van der Waals surface area (Å²) in [4.78, 5) is 19.0. The first-order chi connectivity index (χ1) is 12.1. The number of rotatable bonds is 2. The normalized spacial score (nSPS) is 14.2. The Balaban J connectivity index is 1.61. The quantitative estimate of drug-likeness (QED) is 0.712. The highest BCUT2D eigenvalue weighted by atomic mass is 32.1. The molecular weight excluding hydrogens is 332 g/mol. The van der Waals surface area contributed by atoms with Crippen molar-refractivity contribution in [2.75, 3.05) is 13.1 Å². The molecule has 0 aliphatic carbocycles. The molecule has 1 amide bonds. The summed E-state index contributed by atoms with van der Waals surface area (Å²) in [5, 5.41) is 7.52. The summed E-state index contributed by atoms with van der Waals surface area (Å²) in [6.07, 6.45) is 1.64. The third-order valence-electron chi connectivity index (χ3n) is 4.70. The molecule has 1 aliphatic rings. The summed E-state index contributed by atoms with van der Waals surface area (Å²) < 4.78 is 1.97. The van der Waals surface area contributed by atoms with Crippen LogP contribution < -0.4 is 0 Å². The molecule has 0 saturated heterocycles. The van der Waals surface area contributed by atoms with Gasteiger partial charge in [-0.1, -0.05) is 30.3 Å². The van der Waals surface area contributed by atoms with Crippen molar-refractivity contribution in [1.82, 2.24) is 19.7 Å². The minimum absolute atomic E-state index is 0.0337. The predicted octanol–water partition coefficient (Wildman–Crippen LogP) is 3.09. The summed E-state index contributed by atoms with van der Waals surface area (Å²) in [5.41, 5.74) is 5.23. The van der Waals surface area contributed by atoms with Crippen LogP contribution in [0.25, 0.3) is 11.3 Å². The number of carbonyl (C=O) groups is 1. The molecule has 0 saturated carbocycles. The minimum Gasteiger partial charge on any atom is -0.337 e. The summed E-state index contributed by atoms with van der Waals surface area (Å²) >= 11 is 1.52. The summed E-state index contributed by atoms with van der Waals surface area (Å²) in [7, 11) is 1.99. The second-order valence-corrected chi connectivity index (χ2v) is 7.37. The van der Waals surface area contributed by atoms with Gasteiger partial charge in [-0.3, -0.25) is 9.48 Å². The van der Waals surface area contributed by atoms with Gasteiger partial charge in [0, 0.05) is 48.8 Å². The number of nitrogens with zero attached hydrogens (tertiary/aromatic N) is 4. The van der Waals surface area contributed by atoms with Crippen molar-refractivity contribution in [2.24, 2.45) is 7.05 Å². The molecule has 3 aromatic rings. The highest BCUT2D eigenvalue weighted by molar-refractivity contribution is 7.09. The van der Waals surface area contributed by atoms with Crippen molar-refractivity contribution in [2.45, 2.75) is 19.8 Å². The molecule has 0 spiro atoms. The molecule has 128 valence electrons. The van der Waals surface area contributed by atoms with E-state index in [4.69, 9.17) is 5.10 Å². The van der Waals surface area contributed by atoms with E-state index in [1.54, 1.807) is 0 Å². The first-order valence-corrected chi connectivity index (χ1v) is 9.33. The second kappa shape index (κ2) is 6.44. The fraction of sp³-hybridized carbons (Fsp3) is 0.316. The van der Waals surface area contributed by atoms with Crippen LogP contribution in [0.3, 0.4) is 0 Å². The van der Waals surface area contributed by atoms with Gasteiger partial charge in [0.25, 0.3) is 5.91 Å². The van der Waals surface area contributed by atoms with E-state index in [-0.39, 0.29) is 5.91 Å². The maximum Gasteiger partial charge on any atom is 0.273 e. The van der Waals surface area contributed by atoms with Gasteiger partial charge in [0.1, 0.15) is 5.69 Å². The minimum atomic E-state index is 0.0337. The van der Waals surface area contributed by atoms with Crippen molar-refractivity contribution in [3.8, 4) is 11.3 Å². The number of fused-ring (bicyclic) bond motifs is 1. The first-order valence-electron chi connectivity index (χ1n) is 8.45. The molecular formula is C19H20N4OS. The van der Waals surface area contributed by atoms with Gasteiger partial charge in [0.2, 0.25) is 0 Å². The number of hydrogen-bond donors (Lipinski definition) is 0. The Hall–Kier alpha value is -2.47. The molecule has 0 unspecified atom stereocenters. The van der Waals surface area contributed by atoms with E-state index in [1.807, 2.05) is 47.1 Å². The number of benzene rings is 1. The van der Waals surface area contributed by atoms with Gasteiger partial charge in [0.05, 0.1) is 10.7 Å². The Labute approximate surface area is 150 Å². The molecule has 0 N–H and O–H groups in total. The molecule has 5 nitrogen and oxygen atoms in total. The Bertz CT molecular complexity index is 913. The SMILES string of the molecule is Cc1nc(C(=O)N2CCc3c(-c4ccccc4)nn(C)c3CC2)cs1. The fourth-order valence-corrected chi connectivity index (χ4v) is 4.02. The monoisotopic (exact) mass is 352 g/mol. The smallest absolute Gasteiger partial charge is 0.273 e. The van der Waals surface area contributed by atoms with E-state index in [0.717, 1.165) is 29.1 Å². The third kappa shape index (κ3) is 2.98. The van der Waals surface area contributed by atoms with Crippen LogP contribution in [-0.4, -0.2) is 38.7 Å². The maximum atomic E-state index is 12.7. The van der Waals surface area contributed by atoms with Crippen molar-refractivity contribution in [1.29, 1.82) is 0 Å². The molecule has 1 aliphatic heterocycles. The molecule has 0 fully saturated rings. The summed E-state index contributed by atoms with van der Waals surface area (Å²) in [6, 6.07) is 10.3. The zero-order chi connectivity index (χ0) is 17.4. The molecule has 0 radical (unpaired) electrons. The van der Waals surface area contributed by atoms with Crippen molar-refractivity contribution >= 4 is 17.2 Å². The van der Waals surface area contributed by atoms with Crippen LogP contribution in [0.4, 0.5) is 0 Å². The third-order valence-corrected chi connectivity index (χ3v) is 5.47. The number of thiazole rings is 1. The summed E-state index contributed by atoms with van der Waals surface area (Å²) in [5.74, 6) is 0.0337. The van der Waals surface area contributed by atoms with E-state index in [1.165, 1.54) is 22.6 Å². The molecule has 6 heteroatoms. The highest BCUT2D eigenvalue weighted by Gasteiger charge is 2.25. The van der Waals surface area contributed by atoms with Gasteiger partial charge in [0.15, 0.2) is 0 Å². The molecule has 1 aromatic carbocycles. The maximum absolute atomic E-state index is 12.7. The van der Waals surface area contributed by atoms with Crippen LogP contribution in [0.5, 0.6) is 0 Å². The predicted molar refractivity (Wildman–Crippen MR) is 98.8 cm³/mol. The molecule has 3 heterocycles. The van der Waals surface area contributed by atoms with Gasteiger partial charge in [-0.2, -0.15) is 5.10 Å². The van der Waals surface area contributed by atoms with E-state index >= 15 is 0 Å². The van der Waals surface area contributed by atoms with Crippen LogP contribution in [0.2, 0.25) is 0 Å². The molecule has 25 heavy (non-hydrogen) atoms. The van der Waals surface area contributed by atoms with Gasteiger partial charge in [-0.05, 0) is 13.3 Å². The number of aryl methyl sites for hydroxylation is 2. The van der Waals surface area contributed by atoms with Gasteiger partial charge in [-0.25, -0.2) is 4.98 Å². The number of amides is 1. The topological polar surface area (TPSA) is 51.0 Å². The van der Waals surface area contributed by atoms with E-state index in [0.29, 0.717) is 18.8 Å². The van der Waals surface area contributed by atoms with Gasteiger partial charge < -0.3 is 4.90 Å². The molecule has 4 rings (SSSR count). The van der Waals surface area contributed by atoms with Crippen LogP contribution in [-0.2, 0) is 19.9 Å². The lowest BCUT2D eigenvalue weighted by Crippen LogP contribution is -2.33. The zero-order valence-corrected chi connectivity index (χ0v) is 15.2. The Kier molecular flexibility index (Phi) is 4.13. The average Bonchev–Trinajstić information content (AvgIpc) is 3.11. The lowest BCUT2D eigenvalue weighted by Gasteiger charge is -2.19. The van der Waals surface area contributed by atoms with Crippen LogP contribution in [0.15, 0.2) is 35.7 Å². The fourth-order valence-electron chi connectivity index (χ4n) is 3.43. The lowest BCUT2D eigenvalue weighted by molar-refractivity contribution is 0.0757. The Morgan fingerprint density at radius 2 is 1.92 bits per heavy atom. The van der Waals surface area contributed by atoms with E-state index in [9.17, 15) is 4.79 Å². The lowest BCUT2D eigenvalue weighted by atomic mass is 10.0. The number of carbonyl (C=O) groups excluding carboxylic acids is 1. The molecule has 0 atom stereocenters. The van der Waals surface area contributed by atoms with Crippen molar-refractivity contribution < 1.29 is 4.79 Å². The van der Waals surface area contributed by atoms with Crippen molar-refractivity contribution in [3.05, 3.63) is 57.7 Å². The standard InChI is InChI=1S/C19H20N4OS/c1-13-20-16(12-25-13)19(24)23-10-8-15-17(9-11-23)22(2)21-18(15)14-6-4-3-5-7-14/h3-7,12H,8-11H2,1-2H3. The van der Waals surface area contributed by atoms with Crippen LogP contribution in [0.1, 0.15) is 26.8 Å². The zero-order valence-electron chi connectivity index (χ0n) is 14.4. The van der Waals surface area contributed by atoms with Crippen LogP contribution >= 0.6 is 11.3 Å². The van der Waals surface area contributed by atoms with Crippen molar-refractivity contribution in [3.63, 3.8) is 0 Å². The first kappa shape index (κ1) is 16.0. The average molecular weight is 352 g/mol. The Morgan fingerprint density at radius 1 is 1.16 bits per heavy atom. The van der Waals surface area contributed by atoms with Gasteiger partial charge in [-0.15, -0.1) is 11.3 Å². The van der Waals surface area contributed by atoms with E-state index in [2.05, 4.69) is 17.1 Å². The Morgan fingerprint density at radius 3 is 2.64 bits per heavy atom. The number of aromatic nitrogens is 3. The molecule has 2 aromatic heterocycles. The van der Waals surface area contributed by atoms with E-state index < -0.39 is 0 Å². The molecule has 0 bridgehead atoms. The van der Waals surface area contributed by atoms with Gasteiger partial charge >= 0.3 is 0 Å².